The Labute approximate surface area is 116 Å². The second kappa shape index (κ2) is 5.22. The highest BCUT2D eigenvalue weighted by molar-refractivity contribution is 5.92. The molecule has 108 valence electrons. The summed E-state index contributed by atoms with van der Waals surface area (Å²) in [4.78, 5) is 25.0. The van der Waals surface area contributed by atoms with Crippen LogP contribution < -0.4 is 0 Å². The molecule has 7 heteroatoms. The maximum atomic E-state index is 12.5. The fraction of sp³-hybridized carbons (Fsp3) is 0.692. The van der Waals surface area contributed by atoms with E-state index in [1.165, 1.54) is 30.1 Å². The van der Waals surface area contributed by atoms with Gasteiger partial charge in [0.25, 0.3) is 5.91 Å². The van der Waals surface area contributed by atoms with Gasteiger partial charge in [-0.3, -0.25) is 9.59 Å². The molecule has 1 saturated heterocycles. The Morgan fingerprint density at radius 3 is 2.90 bits per heavy atom. The molecular formula is C13H18N4O3. The first-order chi connectivity index (χ1) is 9.65. The lowest BCUT2D eigenvalue weighted by molar-refractivity contribution is -0.137. The van der Waals surface area contributed by atoms with Crippen LogP contribution in [-0.4, -0.2) is 49.5 Å². The number of amides is 1. The van der Waals surface area contributed by atoms with Gasteiger partial charge in [-0.2, -0.15) is 0 Å². The first-order valence-electron chi connectivity index (χ1n) is 7.08. The van der Waals surface area contributed by atoms with Crippen LogP contribution in [0.1, 0.15) is 42.6 Å². The van der Waals surface area contributed by atoms with Crippen LogP contribution in [0.4, 0.5) is 0 Å². The zero-order valence-corrected chi connectivity index (χ0v) is 11.2. The van der Waals surface area contributed by atoms with Crippen LogP contribution in [-0.2, 0) is 11.3 Å². The molecule has 3 rings (SSSR count). The molecule has 2 heterocycles. The number of aliphatic carboxylic acids is 1. The van der Waals surface area contributed by atoms with Crippen LogP contribution in [0.3, 0.4) is 0 Å². The molecule has 0 aromatic carbocycles. The topological polar surface area (TPSA) is 88.3 Å². The fourth-order valence-electron chi connectivity index (χ4n) is 3.42. The molecule has 2 aliphatic rings. The second-order valence-electron chi connectivity index (χ2n) is 5.59. The Kier molecular flexibility index (Phi) is 3.42. The van der Waals surface area contributed by atoms with Crippen molar-refractivity contribution in [2.75, 3.05) is 6.54 Å². The molecule has 20 heavy (non-hydrogen) atoms. The maximum Gasteiger partial charge on any atom is 0.325 e. The Morgan fingerprint density at radius 2 is 2.10 bits per heavy atom. The lowest BCUT2D eigenvalue weighted by Crippen LogP contribution is -2.39. The van der Waals surface area contributed by atoms with Crippen molar-refractivity contribution in [1.29, 1.82) is 0 Å². The van der Waals surface area contributed by atoms with Crippen molar-refractivity contribution >= 4 is 11.9 Å². The molecule has 1 amide bonds. The van der Waals surface area contributed by atoms with Crippen molar-refractivity contribution in [1.82, 2.24) is 19.9 Å². The third-order valence-corrected chi connectivity index (χ3v) is 4.33. The Hall–Kier alpha value is -1.92. The van der Waals surface area contributed by atoms with Gasteiger partial charge >= 0.3 is 5.97 Å². The molecular weight excluding hydrogens is 260 g/mol. The molecule has 7 nitrogen and oxygen atoms in total. The lowest BCUT2D eigenvalue weighted by atomic mass is 9.85. The van der Waals surface area contributed by atoms with E-state index < -0.39 is 5.97 Å². The standard InChI is InChI=1S/C13H18N4O3/c18-12(19)8-16-7-10(14-15-16)13(20)17-6-5-9-3-1-2-4-11(9)17/h7,9,11H,1-6,8H2,(H,18,19). The number of fused-ring (bicyclic) bond motifs is 1. The van der Waals surface area contributed by atoms with Crippen LogP contribution in [0.5, 0.6) is 0 Å². The third-order valence-electron chi connectivity index (χ3n) is 4.33. The van der Waals surface area contributed by atoms with Gasteiger partial charge in [0, 0.05) is 12.6 Å². The summed E-state index contributed by atoms with van der Waals surface area (Å²) in [5.74, 6) is -0.486. The average Bonchev–Trinajstić information content (AvgIpc) is 3.03. The van der Waals surface area contributed by atoms with E-state index in [0.717, 1.165) is 19.4 Å². The predicted octanol–water partition coefficient (Wildman–Crippen LogP) is 0.767. The highest BCUT2D eigenvalue weighted by atomic mass is 16.4. The van der Waals surface area contributed by atoms with Crippen LogP contribution in [0.2, 0.25) is 0 Å². The zero-order chi connectivity index (χ0) is 14.1. The summed E-state index contributed by atoms with van der Waals surface area (Å²) in [6.07, 6.45) is 7.21. The summed E-state index contributed by atoms with van der Waals surface area (Å²) in [5.41, 5.74) is 0.248. The van der Waals surface area contributed by atoms with E-state index in [1.807, 2.05) is 4.90 Å². The van der Waals surface area contributed by atoms with Gasteiger partial charge in [-0.05, 0) is 25.2 Å². The highest BCUT2D eigenvalue weighted by Crippen LogP contribution is 2.36. The minimum Gasteiger partial charge on any atom is -0.480 e. The Bertz CT molecular complexity index is 527. The number of rotatable bonds is 3. The van der Waals surface area contributed by atoms with Crippen molar-refractivity contribution in [2.24, 2.45) is 5.92 Å². The molecule has 1 aliphatic carbocycles. The number of nitrogens with zero attached hydrogens (tertiary/aromatic N) is 4. The molecule has 1 saturated carbocycles. The van der Waals surface area contributed by atoms with Gasteiger partial charge in [-0.25, -0.2) is 4.68 Å². The second-order valence-corrected chi connectivity index (χ2v) is 5.59. The van der Waals surface area contributed by atoms with E-state index in [1.54, 1.807) is 0 Å². The van der Waals surface area contributed by atoms with E-state index in [4.69, 9.17) is 5.11 Å². The van der Waals surface area contributed by atoms with Crippen molar-refractivity contribution in [3.63, 3.8) is 0 Å². The number of carboxylic acids is 1. The number of hydrogen-bond acceptors (Lipinski definition) is 4. The molecule has 1 aromatic heterocycles. The van der Waals surface area contributed by atoms with Crippen LogP contribution in [0.25, 0.3) is 0 Å². The van der Waals surface area contributed by atoms with Gasteiger partial charge in [0.2, 0.25) is 0 Å². The molecule has 2 fully saturated rings. The molecule has 0 radical (unpaired) electrons. The van der Waals surface area contributed by atoms with Crippen molar-refractivity contribution in [2.45, 2.75) is 44.7 Å². The summed E-state index contributed by atoms with van der Waals surface area (Å²) in [6.45, 7) is 0.506. The first-order valence-corrected chi connectivity index (χ1v) is 7.08. The normalized spacial score (nSPS) is 25.5. The average molecular weight is 278 g/mol. The smallest absolute Gasteiger partial charge is 0.325 e. The number of aromatic nitrogens is 3. The van der Waals surface area contributed by atoms with Crippen molar-refractivity contribution in [3.8, 4) is 0 Å². The fourth-order valence-corrected chi connectivity index (χ4v) is 3.42. The predicted molar refractivity (Wildman–Crippen MR) is 69.1 cm³/mol. The Morgan fingerprint density at radius 1 is 1.30 bits per heavy atom. The van der Waals surface area contributed by atoms with Crippen LogP contribution in [0.15, 0.2) is 6.20 Å². The number of carbonyl (C=O) groups excluding carboxylic acids is 1. The van der Waals surface area contributed by atoms with Crippen molar-refractivity contribution in [3.05, 3.63) is 11.9 Å². The third kappa shape index (κ3) is 2.39. The molecule has 0 bridgehead atoms. The summed E-state index contributed by atoms with van der Waals surface area (Å²) >= 11 is 0. The van der Waals surface area contributed by atoms with Crippen LogP contribution in [0, 0.1) is 5.92 Å². The SMILES string of the molecule is O=C(O)Cn1cc(C(=O)N2CCC3CCCCC32)nn1. The molecule has 1 aliphatic heterocycles. The lowest BCUT2D eigenvalue weighted by Gasteiger charge is -2.31. The number of hydrogen-bond donors (Lipinski definition) is 1. The summed E-state index contributed by atoms with van der Waals surface area (Å²) in [7, 11) is 0. The monoisotopic (exact) mass is 278 g/mol. The number of likely N-dealkylation sites (tertiary alicyclic amines) is 1. The first kappa shape index (κ1) is 13.1. The van der Waals surface area contributed by atoms with Gasteiger partial charge in [0.05, 0.1) is 6.20 Å². The van der Waals surface area contributed by atoms with Gasteiger partial charge < -0.3 is 10.0 Å². The minimum atomic E-state index is -0.998. The number of carbonyl (C=O) groups is 2. The quantitative estimate of drug-likeness (QED) is 0.882. The number of carboxylic acid groups (broad SMARTS) is 1. The van der Waals surface area contributed by atoms with E-state index >= 15 is 0 Å². The van der Waals surface area contributed by atoms with Gasteiger partial charge in [-0.15, -0.1) is 5.10 Å². The van der Waals surface area contributed by atoms with Gasteiger partial charge in [-0.1, -0.05) is 18.1 Å². The summed E-state index contributed by atoms with van der Waals surface area (Å²) < 4.78 is 1.18. The van der Waals surface area contributed by atoms with E-state index in [2.05, 4.69) is 10.3 Å². The van der Waals surface area contributed by atoms with E-state index in [0.29, 0.717) is 12.0 Å². The van der Waals surface area contributed by atoms with Crippen LogP contribution >= 0.6 is 0 Å². The molecule has 0 spiro atoms. The molecule has 1 aromatic rings. The largest absolute Gasteiger partial charge is 0.480 e. The maximum absolute atomic E-state index is 12.5. The van der Waals surface area contributed by atoms with E-state index in [-0.39, 0.29) is 18.1 Å². The minimum absolute atomic E-state index is 0.115. The summed E-state index contributed by atoms with van der Waals surface area (Å²) in [5, 5.41) is 16.2. The van der Waals surface area contributed by atoms with Gasteiger partial charge in [0.1, 0.15) is 6.54 Å². The molecule has 1 N–H and O–H groups in total. The summed E-state index contributed by atoms with van der Waals surface area (Å²) in [6, 6.07) is 0.334. The zero-order valence-electron chi connectivity index (χ0n) is 11.2. The highest BCUT2D eigenvalue weighted by Gasteiger charge is 2.39. The van der Waals surface area contributed by atoms with E-state index in [9.17, 15) is 9.59 Å². The van der Waals surface area contributed by atoms with Crippen molar-refractivity contribution < 1.29 is 14.7 Å². The molecule has 2 atom stereocenters. The van der Waals surface area contributed by atoms with Gasteiger partial charge in [0.15, 0.2) is 5.69 Å². The Balaban J connectivity index is 1.72. The molecule has 2 unspecified atom stereocenters.